The van der Waals surface area contributed by atoms with Crippen LogP contribution in [-0.2, 0) is 11.2 Å². The number of rotatable bonds is 3. The fourth-order valence-corrected chi connectivity index (χ4v) is 3.67. The van der Waals surface area contributed by atoms with E-state index in [1.807, 2.05) is 19.1 Å². The lowest BCUT2D eigenvalue weighted by Gasteiger charge is -2.28. The van der Waals surface area contributed by atoms with Gasteiger partial charge >= 0.3 is 0 Å². The maximum absolute atomic E-state index is 13.2. The van der Waals surface area contributed by atoms with Crippen LogP contribution in [0.2, 0.25) is 0 Å². The van der Waals surface area contributed by atoms with Crippen molar-refractivity contribution in [3.05, 3.63) is 94.8 Å². The summed E-state index contributed by atoms with van der Waals surface area (Å²) in [4.78, 5) is 13.0. The minimum absolute atomic E-state index is 0.126. The molecule has 0 N–H and O–H groups in total. The second-order valence-corrected chi connectivity index (χ2v) is 6.44. The number of hydrogen-bond acceptors (Lipinski definition) is 2. The molecule has 1 aliphatic heterocycles. The molecule has 0 saturated heterocycles. The van der Waals surface area contributed by atoms with E-state index in [0.717, 1.165) is 12.0 Å². The molecular weight excluding hydrogens is 327 g/mol. The topological polar surface area (TPSA) is 26.3 Å². The van der Waals surface area contributed by atoms with Crippen LogP contribution in [0.3, 0.4) is 0 Å². The van der Waals surface area contributed by atoms with Crippen LogP contribution in [0.25, 0.3) is 10.8 Å². The average molecular weight is 346 g/mol. The number of ketones is 1. The van der Waals surface area contributed by atoms with Gasteiger partial charge in [0.1, 0.15) is 11.9 Å². The zero-order chi connectivity index (χ0) is 18.1. The molecule has 1 atom stereocenters. The Kier molecular flexibility index (Phi) is 4.39. The Morgan fingerprint density at radius 2 is 1.85 bits per heavy atom. The van der Waals surface area contributed by atoms with Crippen molar-refractivity contribution < 1.29 is 13.9 Å². The van der Waals surface area contributed by atoms with Crippen molar-refractivity contribution in [2.75, 3.05) is 6.61 Å². The van der Waals surface area contributed by atoms with Crippen LogP contribution in [0.1, 0.15) is 34.5 Å². The molecule has 0 amide bonds. The number of benzene rings is 3. The zero-order valence-corrected chi connectivity index (χ0v) is 14.5. The fraction of sp³-hybridized carbons (Fsp3) is 0.174. The first-order chi connectivity index (χ1) is 12.7. The number of carbonyl (C=O) groups is 1. The molecule has 0 aliphatic carbocycles. The molecule has 1 unspecified atom stereocenters. The second kappa shape index (κ2) is 6.85. The quantitative estimate of drug-likeness (QED) is 0.467. The van der Waals surface area contributed by atoms with Crippen molar-refractivity contribution >= 4 is 16.6 Å². The highest BCUT2D eigenvalue weighted by Crippen LogP contribution is 2.37. The molecule has 0 aromatic heterocycles. The van der Waals surface area contributed by atoms with Gasteiger partial charge in [-0.2, -0.15) is 0 Å². The summed E-state index contributed by atoms with van der Waals surface area (Å²) in [5.41, 5.74) is 3.34. The van der Waals surface area contributed by atoms with E-state index in [4.69, 9.17) is 4.74 Å². The maximum Gasteiger partial charge on any atom is 0.191 e. The number of fused-ring (bicyclic) bond motifs is 3. The van der Waals surface area contributed by atoms with E-state index in [1.54, 1.807) is 6.08 Å². The Hall–Kier alpha value is -2.78. The van der Waals surface area contributed by atoms with Crippen molar-refractivity contribution in [1.29, 1.82) is 0 Å². The summed E-state index contributed by atoms with van der Waals surface area (Å²) in [7, 11) is 0. The molecule has 1 aliphatic rings. The molecule has 26 heavy (non-hydrogen) atoms. The molecular formula is C23H19FO2. The summed E-state index contributed by atoms with van der Waals surface area (Å²) in [6.07, 6.45) is 2.24. The monoisotopic (exact) mass is 346 g/mol. The third kappa shape index (κ3) is 2.85. The molecule has 4 rings (SSSR count). The van der Waals surface area contributed by atoms with Crippen LogP contribution in [-0.4, -0.2) is 12.4 Å². The molecule has 1 heterocycles. The Labute approximate surface area is 151 Å². The van der Waals surface area contributed by atoms with Crippen molar-refractivity contribution in [3.8, 4) is 0 Å². The van der Waals surface area contributed by atoms with Crippen molar-refractivity contribution in [2.24, 2.45) is 0 Å². The number of halogens is 1. The van der Waals surface area contributed by atoms with Crippen molar-refractivity contribution in [3.63, 3.8) is 0 Å². The van der Waals surface area contributed by atoms with Gasteiger partial charge in [-0.25, -0.2) is 4.39 Å². The summed E-state index contributed by atoms with van der Waals surface area (Å²) in [5.74, 6) is -0.479. The van der Waals surface area contributed by atoms with Crippen LogP contribution in [0.5, 0.6) is 0 Å². The van der Waals surface area contributed by atoms with Gasteiger partial charge in [-0.05, 0) is 59.5 Å². The van der Waals surface area contributed by atoms with Gasteiger partial charge in [-0.15, -0.1) is 0 Å². The SMILES string of the molecule is C/C=C(\C(=O)c1ccc(F)cc1)C1OCCc2c1ccc1ccccc21. The van der Waals surface area contributed by atoms with Gasteiger partial charge in [0, 0.05) is 11.1 Å². The summed E-state index contributed by atoms with van der Waals surface area (Å²) in [6.45, 7) is 2.41. The fourth-order valence-electron chi connectivity index (χ4n) is 3.67. The summed E-state index contributed by atoms with van der Waals surface area (Å²) in [5, 5.41) is 2.40. The van der Waals surface area contributed by atoms with Crippen molar-refractivity contribution in [1.82, 2.24) is 0 Å². The molecule has 2 nitrogen and oxygen atoms in total. The molecule has 0 radical (unpaired) electrons. The van der Waals surface area contributed by atoms with E-state index < -0.39 is 6.10 Å². The third-order valence-electron chi connectivity index (χ3n) is 4.96. The zero-order valence-electron chi connectivity index (χ0n) is 14.5. The molecule has 3 heteroatoms. The average Bonchev–Trinajstić information content (AvgIpc) is 2.69. The molecule has 130 valence electrons. The van der Waals surface area contributed by atoms with Gasteiger partial charge in [-0.1, -0.05) is 42.5 Å². The minimum atomic E-state index is -0.397. The Bertz CT molecular complexity index is 1000. The molecule has 0 fully saturated rings. The number of allylic oxidation sites excluding steroid dienone is 1. The second-order valence-electron chi connectivity index (χ2n) is 6.44. The first kappa shape index (κ1) is 16.7. The highest BCUT2D eigenvalue weighted by atomic mass is 19.1. The van der Waals surface area contributed by atoms with E-state index in [0.29, 0.717) is 17.7 Å². The molecule has 0 saturated carbocycles. The largest absolute Gasteiger partial charge is 0.368 e. The number of Topliss-reactive ketones (excluding diaryl/α,β-unsaturated/α-hetero) is 1. The minimum Gasteiger partial charge on any atom is -0.368 e. The Morgan fingerprint density at radius 1 is 1.08 bits per heavy atom. The smallest absolute Gasteiger partial charge is 0.191 e. The lowest BCUT2D eigenvalue weighted by atomic mass is 9.86. The molecule has 3 aromatic rings. The number of carbonyl (C=O) groups excluding carboxylic acids is 1. The molecule has 3 aromatic carbocycles. The maximum atomic E-state index is 13.2. The summed E-state index contributed by atoms with van der Waals surface area (Å²) >= 11 is 0. The van der Waals surface area contributed by atoms with E-state index in [2.05, 4.69) is 24.3 Å². The van der Waals surface area contributed by atoms with Gasteiger partial charge in [0.15, 0.2) is 5.78 Å². The van der Waals surface area contributed by atoms with Gasteiger partial charge in [-0.3, -0.25) is 4.79 Å². The van der Waals surface area contributed by atoms with Gasteiger partial charge < -0.3 is 4.74 Å². The normalized spacial score (nSPS) is 17.2. The lowest BCUT2D eigenvalue weighted by molar-refractivity contribution is 0.0614. The predicted molar refractivity (Wildman–Crippen MR) is 101 cm³/mol. The van der Waals surface area contributed by atoms with Gasteiger partial charge in [0.2, 0.25) is 0 Å². The number of hydrogen-bond donors (Lipinski definition) is 0. The predicted octanol–water partition coefficient (Wildman–Crippen LogP) is 5.42. The summed E-state index contributed by atoms with van der Waals surface area (Å²) in [6, 6.07) is 18.1. The van der Waals surface area contributed by atoms with Crippen LogP contribution >= 0.6 is 0 Å². The Balaban J connectivity index is 1.77. The highest BCUT2D eigenvalue weighted by molar-refractivity contribution is 6.09. The Morgan fingerprint density at radius 3 is 2.62 bits per heavy atom. The van der Waals surface area contributed by atoms with Crippen LogP contribution in [0.15, 0.2) is 72.3 Å². The van der Waals surface area contributed by atoms with Gasteiger partial charge in [0.05, 0.1) is 6.61 Å². The lowest BCUT2D eigenvalue weighted by Crippen LogP contribution is -2.22. The third-order valence-corrected chi connectivity index (χ3v) is 4.96. The van der Waals surface area contributed by atoms with E-state index in [1.165, 1.54) is 40.6 Å². The number of ether oxygens (including phenoxy) is 1. The molecule has 0 bridgehead atoms. The molecule has 0 spiro atoms. The first-order valence-corrected chi connectivity index (χ1v) is 8.77. The van der Waals surface area contributed by atoms with Crippen LogP contribution in [0.4, 0.5) is 4.39 Å². The van der Waals surface area contributed by atoms with Crippen LogP contribution in [0, 0.1) is 5.82 Å². The summed E-state index contributed by atoms with van der Waals surface area (Å²) < 4.78 is 19.2. The van der Waals surface area contributed by atoms with Crippen LogP contribution < -0.4 is 0 Å². The van der Waals surface area contributed by atoms with Crippen molar-refractivity contribution in [2.45, 2.75) is 19.4 Å². The van der Waals surface area contributed by atoms with E-state index >= 15 is 0 Å². The first-order valence-electron chi connectivity index (χ1n) is 8.77. The van der Waals surface area contributed by atoms with E-state index in [9.17, 15) is 9.18 Å². The standard InChI is InChI=1S/C23H19FO2/c1-2-18(22(25)16-7-10-17(24)11-8-16)23-21-12-9-15-5-3-4-6-19(15)20(21)13-14-26-23/h2-12,23H,13-14H2,1H3/b18-2+. The van der Waals surface area contributed by atoms with Gasteiger partial charge in [0.25, 0.3) is 0 Å². The van der Waals surface area contributed by atoms with E-state index in [-0.39, 0.29) is 11.6 Å². The highest BCUT2D eigenvalue weighted by Gasteiger charge is 2.29.